The van der Waals surface area contributed by atoms with E-state index in [0.717, 1.165) is 5.52 Å². The van der Waals surface area contributed by atoms with Crippen molar-refractivity contribution in [2.45, 2.75) is 26.3 Å². The number of carbonyl (C=O) groups excluding carboxylic acids is 1. The summed E-state index contributed by atoms with van der Waals surface area (Å²) in [5.74, 6) is 0.790. The van der Waals surface area contributed by atoms with Crippen LogP contribution < -0.4 is 0 Å². The molecular formula is C14H15Cl3N2O2. The summed E-state index contributed by atoms with van der Waals surface area (Å²) in [7, 11) is 0. The van der Waals surface area contributed by atoms with Crippen molar-refractivity contribution in [3.8, 4) is 0 Å². The van der Waals surface area contributed by atoms with Gasteiger partial charge in [0, 0.05) is 12.3 Å². The lowest BCUT2D eigenvalue weighted by atomic mass is 10.2. The number of halogens is 3. The van der Waals surface area contributed by atoms with E-state index in [9.17, 15) is 4.79 Å². The van der Waals surface area contributed by atoms with Gasteiger partial charge in [0.15, 0.2) is 0 Å². The van der Waals surface area contributed by atoms with Gasteiger partial charge in [-0.15, -0.1) is 11.6 Å². The fourth-order valence-corrected chi connectivity index (χ4v) is 2.69. The van der Waals surface area contributed by atoms with E-state index < -0.39 is 6.04 Å². The molecule has 0 N–H and O–H groups in total. The molecule has 0 fully saturated rings. The van der Waals surface area contributed by atoms with Crippen LogP contribution in [0.1, 0.15) is 25.7 Å². The minimum atomic E-state index is -0.509. The van der Waals surface area contributed by atoms with Crippen LogP contribution in [0.5, 0.6) is 0 Å². The van der Waals surface area contributed by atoms with Crippen LogP contribution in [0, 0.1) is 0 Å². The lowest BCUT2D eigenvalue weighted by molar-refractivity contribution is -0.146. The maximum Gasteiger partial charge on any atom is 0.328 e. The molecule has 114 valence electrons. The molecule has 21 heavy (non-hydrogen) atoms. The molecule has 0 radical (unpaired) electrons. The molecule has 0 amide bonds. The monoisotopic (exact) mass is 348 g/mol. The number of esters is 1. The van der Waals surface area contributed by atoms with E-state index in [1.165, 1.54) is 0 Å². The summed E-state index contributed by atoms with van der Waals surface area (Å²) in [6.45, 7) is 3.86. The SMILES string of the molecule is CCOC(=O)C(C)n1c(CCCl)nc2cc(Cl)c(Cl)cc21. The normalized spacial score (nSPS) is 12.6. The van der Waals surface area contributed by atoms with Crippen molar-refractivity contribution in [3.63, 3.8) is 0 Å². The number of hydrogen-bond acceptors (Lipinski definition) is 3. The first-order valence-electron chi connectivity index (χ1n) is 6.58. The van der Waals surface area contributed by atoms with E-state index >= 15 is 0 Å². The first-order chi connectivity index (χ1) is 9.99. The maximum atomic E-state index is 12.0. The second-order valence-electron chi connectivity index (χ2n) is 4.52. The van der Waals surface area contributed by atoms with E-state index in [1.807, 2.05) is 0 Å². The number of aromatic nitrogens is 2. The van der Waals surface area contributed by atoms with Gasteiger partial charge in [-0.2, -0.15) is 0 Å². The molecule has 2 rings (SSSR count). The average molecular weight is 350 g/mol. The molecule has 2 aromatic rings. The standard InChI is InChI=1S/C14H15Cl3N2O2/c1-3-21-14(20)8(2)19-12-7-10(17)9(16)6-11(12)18-13(19)4-5-15/h6-8H,3-5H2,1-2H3. The molecule has 0 saturated carbocycles. The summed E-state index contributed by atoms with van der Waals surface area (Å²) >= 11 is 17.9. The zero-order valence-corrected chi connectivity index (χ0v) is 14.0. The molecule has 1 atom stereocenters. The van der Waals surface area contributed by atoms with E-state index in [-0.39, 0.29) is 5.97 Å². The summed E-state index contributed by atoms with van der Waals surface area (Å²) < 4.78 is 6.89. The summed E-state index contributed by atoms with van der Waals surface area (Å²) in [6, 6.07) is 2.88. The van der Waals surface area contributed by atoms with Crippen LogP contribution in [0.3, 0.4) is 0 Å². The topological polar surface area (TPSA) is 44.1 Å². The van der Waals surface area contributed by atoms with Crippen LogP contribution in [0.4, 0.5) is 0 Å². The molecule has 0 aliphatic heterocycles. The zero-order chi connectivity index (χ0) is 15.6. The Labute approximate surface area is 137 Å². The van der Waals surface area contributed by atoms with Gasteiger partial charge in [0.2, 0.25) is 0 Å². The van der Waals surface area contributed by atoms with Crippen molar-refractivity contribution in [2.75, 3.05) is 12.5 Å². The number of hydrogen-bond donors (Lipinski definition) is 0. The van der Waals surface area contributed by atoms with Crippen molar-refractivity contribution in [2.24, 2.45) is 0 Å². The Kier molecular flexibility index (Phi) is 5.36. The van der Waals surface area contributed by atoms with E-state index in [2.05, 4.69) is 4.98 Å². The van der Waals surface area contributed by atoms with E-state index in [1.54, 1.807) is 30.5 Å². The number of aryl methyl sites for hydroxylation is 1. The molecule has 1 aromatic heterocycles. The van der Waals surface area contributed by atoms with Gasteiger partial charge in [-0.05, 0) is 26.0 Å². The van der Waals surface area contributed by atoms with Gasteiger partial charge >= 0.3 is 5.97 Å². The fourth-order valence-electron chi connectivity index (χ4n) is 2.20. The number of alkyl halides is 1. The Morgan fingerprint density at radius 2 is 2.05 bits per heavy atom. The maximum absolute atomic E-state index is 12.0. The summed E-state index contributed by atoms with van der Waals surface area (Å²) in [6.07, 6.45) is 0.537. The Hall–Kier alpha value is -0.970. The molecule has 0 aliphatic rings. The Morgan fingerprint density at radius 1 is 1.38 bits per heavy atom. The van der Waals surface area contributed by atoms with Gasteiger partial charge in [-0.3, -0.25) is 0 Å². The third kappa shape index (κ3) is 3.28. The average Bonchev–Trinajstić information content (AvgIpc) is 2.76. The quantitative estimate of drug-likeness (QED) is 0.599. The minimum absolute atomic E-state index is 0.321. The van der Waals surface area contributed by atoms with Gasteiger partial charge in [0.05, 0.1) is 27.7 Å². The van der Waals surface area contributed by atoms with Crippen molar-refractivity contribution in [1.82, 2.24) is 9.55 Å². The van der Waals surface area contributed by atoms with Crippen molar-refractivity contribution >= 4 is 51.8 Å². The largest absolute Gasteiger partial charge is 0.464 e. The second kappa shape index (κ2) is 6.86. The predicted octanol–water partition coefficient (Wildman–Crippen LogP) is 4.25. The van der Waals surface area contributed by atoms with Gasteiger partial charge in [0.25, 0.3) is 0 Å². The third-order valence-corrected chi connectivity index (χ3v) is 4.05. The molecule has 1 heterocycles. The summed E-state index contributed by atoms with van der Waals surface area (Å²) in [5.41, 5.74) is 1.42. The van der Waals surface area contributed by atoms with Gasteiger partial charge in [-0.1, -0.05) is 23.2 Å². The van der Waals surface area contributed by atoms with Crippen LogP contribution >= 0.6 is 34.8 Å². The van der Waals surface area contributed by atoms with Gasteiger partial charge in [0.1, 0.15) is 11.9 Å². The Morgan fingerprint density at radius 3 is 2.67 bits per heavy atom. The summed E-state index contributed by atoms with van der Waals surface area (Å²) in [4.78, 5) is 16.5. The highest BCUT2D eigenvalue weighted by Crippen LogP contribution is 2.30. The lowest BCUT2D eigenvalue weighted by Crippen LogP contribution is -2.21. The first kappa shape index (κ1) is 16.4. The van der Waals surface area contributed by atoms with Crippen LogP contribution in [-0.4, -0.2) is 28.0 Å². The summed E-state index contributed by atoms with van der Waals surface area (Å²) in [5, 5.41) is 0.842. The molecule has 1 unspecified atom stereocenters. The Bertz CT molecular complexity index is 670. The van der Waals surface area contributed by atoms with Crippen molar-refractivity contribution < 1.29 is 9.53 Å². The van der Waals surface area contributed by atoms with Gasteiger partial charge < -0.3 is 9.30 Å². The highest BCUT2D eigenvalue weighted by Gasteiger charge is 2.23. The zero-order valence-electron chi connectivity index (χ0n) is 11.7. The fraction of sp³-hybridized carbons (Fsp3) is 0.429. The number of ether oxygens (including phenoxy) is 1. The van der Waals surface area contributed by atoms with E-state index in [0.29, 0.717) is 40.3 Å². The highest BCUT2D eigenvalue weighted by atomic mass is 35.5. The molecule has 7 heteroatoms. The minimum Gasteiger partial charge on any atom is -0.464 e. The first-order valence-corrected chi connectivity index (χ1v) is 7.87. The number of nitrogens with zero attached hydrogens (tertiary/aromatic N) is 2. The number of carbonyl (C=O) groups is 1. The molecule has 1 aromatic carbocycles. The van der Waals surface area contributed by atoms with Crippen LogP contribution in [0.2, 0.25) is 10.0 Å². The number of fused-ring (bicyclic) bond motifs is 1. The highest BCUT2D eigenvalue weighted by molar-refractivity contribution is 6.42. The molecular weight excluding hydrogens is 335 g/mol. The molecule has 4 nitrogen and oxygen atoms in total. The van der Waals surface area contributed by atoms with Crippen molar-refractivity contribution in [3.05, 3.63) is 28.0 Å². The smallest absolute Gasteiger partial charge is 0.328 e. The van der Waals surface area contributed by atoms with Crippen LogP contribution in [0.25, 0.3) is 11.0 Å². The third-order valence-electron chi connectivity index (χ3n) is 3.14. The molecule has 0 aliphatic carbocycles. The number of imidazole rings is 1. The molecule has 0 saturated heterocycles. The molecule has 0 bridgehead atoms. The molecule has 0 spiro atoms. The second-order valence-corrected chi connectivity index (χ2v) is 5.71. The van der Waals surface area contributed by atoms with Gasteiger partial charge in [-0.25, -0.2) is 9.78 Å². The number of rotatable bonds is 5. The van der Waals surface area contributed by atoms with Crippen LogP contribution in [-0.2, 0) is 16.0 Å². The lowest BCUT2D eigenvalue weighted by Gasteiger charge is -2.16. The van der Waals surface area contributed by atoms with Crippen LogP contribution in [0.15, 0.2) is 12.1 Å². The van der Waals surface area contributed by atoms with Crippen molar-refractivity contribution in [1.29, 1.82) is 0 Å². The predicted molar refractivity (Wildman–Crippen MR) is 85.5 cm³/mol. The number of benzene rings is 1. The van der Waals surface area contributed by atoms with E-state index in [4.69, 9.17) is 39.5 Å². The Balaban J connectivity index is 2.60.